The zero-order valence-corrected chi connectivity index (χ0v) is 52.7. The highest BCUT2D eigenvalue weighted by Gasteiger charge is 2.94. The summed E-state index contributed by atoms with van der Waals surface area (Å²) in [6, 6.07) is 7.37. The van der Waals surface area contributed by atoms with Crippen molar-refractivity contribution >= 4 is 11.9 Å². The number of esters is 2. The van der Waals surface area contributed by atoms with Crippen LogP contribution in [0.5, 0.6) is 0 Å². The number of ether oxygens (including phenoxy) is 2. The number of rotatable bonds is 5. The van der Waals surface area contributed by atoms with Crippen molar-refractivity contribution in [3.8, 4) is 0 Å². The van der Waals surface area contributed by atoms with Crippen LogP contribution < -0.4 is 5.73 Å². The molecule has 12 fully saturated rings. The van der Waals surface area contributed by atoms with Crippen LogP contribution >= 0.6 is 0 Å². The van der Waals surface area contributed by atoms with Crippen molar-refractivity contribution in [2.75, 3.05) is 26.2 Å². The van der Waals surface area contributed by atoms with Crippen LogP contribution in [0.2, 0.25) is 0 Å². The van der Waals surface area contributed by atoms with E-state index in [1.807, 2.05) is 0 Å². The average molecular weight is 1160 g/mol. The quantitative estimate of drug-likeness (QED) is 0.222. The maximum atomic E-state index is 17.3. The SMILES string of the molecule is CC1CC2=C3C4C5=C6C7CC14CCC7=CC(C1CCCC4(CCCC47CCCC7)C1)CC1C64C(=O)OC(=C(O)CC(C6CC7(CCCC7)C7(CCCC78CCCC8)C6)N6CC7CC(C6)C(CC2)N3C7)C4(CC5)C12OC(=O)c1c(CCCN)cccc12. The lowest BCUT2D eigenvalue weighted by atomic mass is 9.26. The van der Waals surface area contributed by atoms with Gasteiger partial charge in [-0.1, -0.05) is 106 Å². The predicted molar refractivity (Wildman–Crippen MR) is 333 cm³/mol. The number of aliphatic hydroxyl groups is 1. The molecule has 9 saturated carbocycles. The Labute approximate surface area is 514 Å². The maximum absolute atomic E-state index is 17.3. The lowest BCUT2D eigenvalue weighted by Crippen LogP contribution is -2.78. The van der Waals surface area contributed by atoms with Crippen molar-refractivity contribution in [3.05, 3.63) is 80.5 Å². The first-order valence-corrected chi connectivity index (χ1v) is 37.3. The van der Waals surface area contributed by atoms with Crippen LogP contribution in [-0.4, -0.2) is 65.1 Å². The molecule has 1 aromatic rings. The summed E-state index contributed by atoms with van der Waals surface area (Å²) in [7, 11) is 0. The Morgan fingerprint density at radius 3 is 2.29 bits per heavy atom. The molecule has 14 bridgehead atoms. The molecule has 0 amide bonds. The first-order valence-electron chi connectivity index (χ1n) is 37.3. The van der Waals surface area contributed by atoms with Gasteiger partial charge in [0, 0.05) is 67.2 Å². The summed E-state index contributed by atoms with van der Waals surface area (Å²) in [4.78, 5) is 39.3. The number of nitrogens with zero attached hydrogens (tertiary/aromatic N) is 2. The summed E-state index contributed by atoms with van der Waals surface area (Å²) in [5.41, 5.74) is 16.4. The van der Waals surface area contributed by atoms with Gasteiger partial charge in [-0.2, -0.15) is 0 Å². The molecule has 1 aromatic carbocycles. The normalized spacial score (nSPS) is 48.6. The van der Waals surface area contributed by atoms with Crippen molar-refractivity contribution < 1.29 is 24.2 Å². The van der Waals surface area contributed by atoms with Gasteiger partial charge in [0.25, 0.3) is 0 Å². The molecule has 22 aliphatic rings. The van der Waals surface area contributed by atoms with E-state index in [0.29, 0.717) is 99.5 Å². The van der Waals surface area contributed by atoms with Crippen LogP contribution in [-0.2, 0) is 26.3 Å². The van der Waals surface area contributed by atoms with Crippen LogP contribution in [0.15, 0.2) is 63.8 Å². The number of hydrogen-bond acceptors (Lipinski definition) is 8. The van der Waals surface area contributed by atoms with Crippen molar-refractivity contribution in [2.24, 2.45) is 102 Å². The Hall–Kier alpha value is -3.36. The number of aryl methyl sites for hydroxylation is 1. The number of aliphatic hydroxyl groups excluding tert-OH is 1. The predicted octanol–water partition coefficient (Wildman–Crippen LogP) is 16.4. The molecule has 18 unspecified atom stereocenters. The fourth-order valence-electron chi connectivity index (χ4n) is 31.3. The van der Waals surface area contributed by atoms with E-state index in [1.54, 1.807) is 22.4 Å². The Morgan fingerprint density at radius 2 is 1.45 bits per heavy atom. The van der Waals surface area contributed by atoms with Gasteiger partial charge in [-0.15, -0.1) is 0 Å². The molecule has 8 heteroatoms. The van der Waals surface area contributed by atoms with Gasteiger partial charge in [0.05, 0.1) is 11.0 Å². The molecule has 23 rings (SSSR count). The molecule has 86 heavy (non-hydrogen) atoms. The van der Waals surface area contributed by atoms with E-state index in [2.05, 4.69) is 41.0 Å². The Balaban J connectivity index is 0.832. The van der Waals surface area contributed by atoms with Gasteiger partial charge in [0.15, 0.2) is 11.4 Å². The topological polar surface area (TPSA) is 105 Å². The molecule has 13 aliphatic carbocycles. The van der Waals surface area contributed by atoms with Gasteiger partial charge in [-0.05, 0) is 259 Å². The zero-order valence-electron chi connectivity index (χ0n) is 52.7. The van der Waals surface area contributed by atoms with Crippen LogP contribution in [0.4, 0.5) is 0 Å². The number of nitrogens with two attached hydrogens (primary N) is 1. The summed E-state index contributed by atoms with van der Waals surface area (Å²) in [6.07, 6.45) is 49.1. The number of piperidine rings is 2. The Morgan fingerprint density at radius 1 is 0.698 bits per heavy atom. The third kappa shape index (κ3) is 6.01. The van der Waals surface area contributed by atoms with Gasteiger partial charge in [0.2, 0.25) is 0 Å². The second kappa shape index (κ2) is 17.8. The molecular formula is C78H103N3O5. The number of fused-ring (bicyclic) bond motifs is 6. The van der Waals surface area contributed by atoms with E-state index >= 15 is 9.59 Å². The second-order valence-electron chi connectivity index (χ2n) is 35.3. The van der Waals surface area contributed by atoms with Gasteiger partial charge in [-0.3, -0.25) is 9.69 Å². The summed E-state index contributed by atoms with van der Waals surface area (Å²) in [5, 5.41) is 14.4. The van der Waals surface area contributed by atoms with Gasteiger partial charge < -0.3 is 25.2 Å². The molecule has 0 aromatic heterocycles. The zero-order chi connectivity index (χ0) is 57.2. The molecule has 3 saturated heterocycles. The molecule has 0 radical (unpaired) electrons. The van der Waals surface area contributed by atoms with Gasteiger partial charge >= 0.3 is 11.9 Å². The average Bonchev–Trinajstić information content (AvgIpc) is 1.28. The molecule has 9 aliphatic heterocycles. The van der Waals surface area contributed by atoms with Crippen LogP contribution in [0.1, 0.15) is 260 Å². The van der Waals surface area contributed by atoms with Crippen LogP contribution in [0.25, 0.3) is 0 Å². The summed E-state index contributed by atoms with van der Waals surface area (Å²) >= 11 is 0. The Bertz CT molecular complexity index is 3260. The molecule has 8 nitrogen and oxygen atoms in total. The minimum atomic E-state index is -1.15. The van der Waals surface area contributed by atoms with Crippen molar-refractivity contribution in [3.63, 3.8) is 0 Å². The number of benzene rings is 1. The van der Waals surface area contributed by atoms with E-state index in [-0.39, 0.29) is 41.1 Å². The van der Waals surface area contributed by atoms with Gasteiger partial charge in [0.1, 0.15) is 11.2 Å². The molecule has 9 spiro atoms. The number of allylic oxidation sites excluding steroid dienone is 4. The summed E-state index contributed by atoms with van der Waals surface area (Å²) in [5.74, 6) is 3.84. The molecular weight excluding hydrogens is 1060 g/mol. The van der Waals surface area contributed by atoms with Crippen molar-refractivity contribution in [1.82, 2.24) is 9.80 Å². The highest BCUT2D eigenvalue weighted by Crippen LogP contribution is 2.90. The summed E-state index contributed by atoms with van der Waals surface area (Å²) in [6.45, 7) is 6.63. The summed E-state index contributed by atoms with van der Waals surface area (Å²) < 4.78 is 15.3. The van der Waals surface area contributed by atoms with E-state index in [4.69, 9.17) is 15.2 Å². The fraction of sp³-hybridized carbons (Fsp3) is 0.795. The van der Waals surface area contributed by atoms with Gasteiger partial charge in [-0.25, -0.2) is 4.79 Å². The molecule has 460 valence electrons. The van der Waals surface area contributed by atoms with E-state index < -0.39 is 16.4 Å². The number of carbonyl (C=O) groups is 2. The monoisotopic (exact) mass is 1160 g/mol. The minimum absolute atomic E-state index is 0.0892. The van der Waals surface area contributed by atoms with Crippen molar-refractivity contribution in [2.45, 2.75) is 262 Å². The van der Waals surface area contributed by atoms with E-state index in [0.717, 1.165) is 68.3 Å². The first kappa shape index (κ1) is 53.3. The standard InChI is InChI=1S/C78H103N3O5/c1-47-35-51-17-18-59-54-36-48-44-80(46-54)60(55-41-73(25-6-7-26-73)75(42-55)31-12-29-71(75)23-4-5-24-71)39-61(82)67-76-33-20-56-64-57-43-74(47,65(56)66(51)81(59)45-48)32-19-50(57)37-53(52-14-9-27-72(40-52)30-11-28-70(72)21-2-3-22-70)38-62(77(64,76)69(84)85-67)78(76)58-16-8-13-49(15-10-34-79)63(58)68(83)86-78/h8,13,16,37,47-48,52-55,57,59-60,62,65,82H,2-7,9-12,14-15,17-36,38-46,79H2,1H3. The van der Waals surface area contributed by atoms with E-state index in [1.165, 1.54) is 198 Å². The smallest absolute Gasteiger partial charge is 0.339 e. The van der Waals surface area contributed by atoms with Crippen LogP contribution in [0, 0.1) is 96.6 Å². The lowest BCUT2D eigenvalue weighted by molar-refractivity contribution is -0.284. The second-order valence-corrected chi connectivity index (χ2v) is 35.3. The molecule has 3 N–H and O–H groups in total. The maximum Gasteiger partial charge on any atom is 0.339 e. The molecule has 18 atom stereocenters. The highest BCUT2D eigenvalue weighted by molar-refractivity contribution is 6.00. The van der Waals surface area contributed by atoms with Crippen molar-refractivity contribution in [1.29, 1.82) is 0 Å². The third-order valence-corrected chi connectivity index (χ3v) is 33.6. The fourth-order valence-corrected chi connectivity index (χ4v) is 31.3. The lowest BCUT2D eigenvalue weighted by Gasteiger charge is -2.74. The number of hydrogen-bond donors (Lipinski definition) is 2. The minimum Gasteiger partial charge on any atom is -0.509 e. The largest absolute Gasteiger partial charge is 0.509 e. The highest BCUT2D eigenvalue weighted by atomic mass is 16.6. The molecule has 9 heterocycles. The van der Waals surface area contributed by atoms with Crippen LogP contribution in [0.3, 0.4) is 0 Å². The number of carbonyl (C=O) groups excluding carboxylic acids is 2. The first-order chi connectivity index (χ1) is 41.9. The van der Waals surface area contributed by atoms with E-state index in [9.17, 15) is 5.11 Å². The Kier molecular flexibility index (Phi) is 11.0. The third-order valence-electron chi connectivity index (χ3n) is 33.6.